The second kappa shape index (κ2) is 8.32. The Morgan fingerprint density at radius 2 is 1.88 bits per heavy atom. The van der Waals surface area contributed by atoms with E-state index in [1.807, 2.05) is 38.1 Å². The molecule has 0 spiro atoms. The molecule has 8 nitrogen and oxygen atoms in total. The van der Waals surface area contributed by atoms with Crippen molar-refractivity contribution in [2.75, 3.05) is 6.26 Å². The number of rotatable bonds is 6. The Morgan fingerprint density at radius 1 is 1.15 bits per heavy atom. The van der Waals surface area contributed by atoms with Crippen LogP contribution >= 0.6 is 0 Å². The van der Waals surface area contributed by atoms with Crippen LogP contribution in [0.15, 0.2) is 59.6 Å². The number of aromatic nitrogens is 4. The van der Waals surface area contributed by atoms with E-state index in [4.69, 9.17) is 4.98 Å². The van der Waals surface area contributed by atoms with Crippen molar-refractivity contribution in [2.24, 2.45) is 0 Å². The van der Waals surface area contributed by atoms with Crippen LogP contribution in [0.2, 0.25) is 0 Å². The summed E-state index contributed by atoms with van der Waals surface area (Å²) in [6.07, 6.45) is 4.98. The van der Waals surface area contributed by atoms with E-state index in [9.17, 15) is 13.2 Å². The number of carbonyl (C=O) groups is 1. The first-order valence-electron chi connectivity index (χ1n) is 11.1. The second-order valence-electron chi connectivity index (χ2n) is 8.79. The normalized spacial score (nSPS) is 14.8. The predicted octanol–water partition coefficient (Wildman–Crippen LogP) is 3.90. The quantitative estimate of drug-likeness (QED) is 0.453. The third-order valence-corrected chi connectivity index (χ3v) is 7.22. The molecule has 0 bridgehead atoms. The van der Waals surface area contributed by atoms with Crippen LogP contribution in [0.25, 0.3) is 16.9 Å². The van der Waals surface area contributed by atoms with E-state index < -0.39 is 9.84 Å². The van der Waals surface area contributed by atoms with Crippen LogP contribution in [0, 0.1) is 6.92 Å². The Labute approximate surface area is 198 Å². The first kappa shape index (κ1) is 22.2. The molecule has 0 saturated heterocycles. The number of nitrogens with one attached hydrogen (secondary N) is 1. The van der Waals surface area contributed by atoms with Crippen LogP contribution in [0.4, 0.5) is 0 Å². The highest BCUT2D eigenvalue weighted by molar-refractivity contribution is 7.90. The molecule has 174 valence electrons. The number of pyridine rings is 2. The molecular weight excluding hydrogens is 450 g/mol. The van der Waals surface area contributed by atoms with Gasteiger partial charge in [0.25, 0.3) is 5.91 Å². The van der Waals surface area contributed by atoms with Crippen LogP contribution < -0.4 is 5.32 Å². The average molecular weight is 476 g/mol. The maximum Gasteiger partial charge on any atom is 0.252 e. The van der Waals surface area contributed by atoms with Gasteiger partial charge in [0.15, 0.2) is 21.3 Å². The smallest absolute Gasteiger partial charge is 0.252 e. The van der Waals surface area contributed by atoms with Crippen LogP contribution in [0.1, 0.15) is 59.0 Å². The van der Waals surface area contributed by atoms with Crippen LogP contribution in [-0.2, 0) is 9.84 Å². The second-order valence-corrected chi connectivity index (χ2v) is 10.8. The molecule has 34 heavy (non-hydrogen) atoms. The molecule has 1 amide bonds. The zero-order valence-electron chi connectivity index (χ0n) is 19.2. The summed E-state index contributed by atoms with van der Waals surface area (Å²) in [5.74, 6) is 0.772. The first-order valence-corrected chi connectivity index (χ1v) is 13.0. The summed E-state index contributed by atoms with van der Waals surface area (Å²) in [5, 5.41) is 8.41. The molecule has 4 aromatic rings. The maximum absolute atomic E-state index is 13.5. The number of hydrogen-bond donors (Lipinski definition) is 1. The Kier molecular flexibility index (Phi) is 5.44. The van der Waals surface area contributed by atoms with Gasteiger partial charge in [-0.25, -0.2) is 18.4 Å². The fraction of sp³-hybridized carbons (Fsp3) is 0.280. The standard InChI is InChI=1S/C25H25N5O3S/c1-15(17-9-11-19(12-10-17)34(3,32)33)27-25(31)20-14-21(18-7-8-18)28-24-23(20)16(2)29-30(24)22-6-4-5-13-26-22/h4-6,9-15,18H,7-8H2,1-3H3,(H,27,31). The molecule has 0 radical (unpaired) electrons. The SMILES string of the molecule is Cc1nn(-c2ccccn2)c2nc(C3CC3)cc(C(=O)NC(C)c3ccc(S(C)(=O)=O)cc3)c12. The molecular formula is C25H25N5O3S. The lowest BCUT2D eigenvalue weighted by atomic mass is 10.0. The van der Waals surface area contributed by atoms with Crippen molar-refractivity contribution in [1.29, 1.82) is 0 Å². The molecule has 1 unspecified atom stereocenters. The van der Waals surface area contributed by atoms with Gasteiger partial charge in [0.05, 0.1) is 27.6 Å². The van der Waals surface area contributed by atoms with Gasteiger partial charge in [0.1, 0.15) is 0 Å². The lowest BCUT2D eigenvalue weighted by Crippen LogP contribution is -2.27. The van der Waals surface area contributed by atoms with Crippen LogP contribution in [0.5, 0.6) is 0 Å². The number of amides is 1. The highest BCUT2D eigenvalue weighted by atomic mass is 32.2. The van der Waals surface area contributed by atoms with Gasteiger partial charge in [-0.1, -0.05) is 18.2 Å². The van der Waals surface area contributed by atoms with Crippen molar-refractivity contribution in [2.45, 2.75) is 43.5 Å². The highest BCUT2D eigenvalue weighted by Crippen LogP contribution is 2.40. The highest BCUT2D eigenvalue weighted by Gasteiger charge is 2.29. The van der Waals surface area contributed by atoms with E-state index in [1.54, 1.807) is 35.1 Å². The number of hydrogen-bond acceptors (Lipinski definition) is 6. The number of carbonyl (C=O) groups excluding carboxylic acids is 1. The Morgan fingerprint density at radius 3 is 2.50 bits per heavy atom. The third kappa shape index (κ3) is 4.19. The number of nitrogens with zero attached hydrogens (tertiary/aromatic N) is 4. The summed E-state index contributed by atoms with van der Waals surface area (Å²) < 4.78 is 25.2. The minimum absolute atomic E-state index is 0.224. The minimum atomic E-state index is -3.28. The molecule has 1 atom stereocenters. The van der Waals surface area contributed by atoms with Crippen molar-refractivity contribution in [3.8, 4) is 5.82 Å². The van der Waals surface area contributed by atoms with Gasteiger partial charge in [-0.15, -0.1) is 0 Å². The number of aryl methyl sites for hydroxylation is 1. The van der Waals surface area contributed by atoms with Crippen molar-refractivity contribution in [1.82, 2.24) is 25.1 Å². The van der Waals surface area contributed by atoms with Crippen LogP contribution in [0.3, 0.4) is 0 Å². The Bertz CT molecular complexity index is 1490. The molecule has 0 aliphatic heterocycles. The molecule has 1 N–H and O–H groups in total. The van der Waals surface area contributed by atoms with Crippen molar-refractivity contribution >= 4 is 26.8 Å². The van der Waals surface area contributed by atoms with Gasteiger partial charge < -0.3 is 5.32 Å². The van der Waals surface area contributed by atoms with Gasteiger partial charge in [-0.2, -0.15) is 9.78 Å². The number of sulfone groups is 1. The predicted molar refractivity (Wildman–Crippen MR) is 129 cm³/mol. The number of benzene rings is 1. The summed E-state index contributed by atoms with van der Waals surface area (Å²) in [6, 6.07) is 13.7. The van der Waals surface area contributed by atoms with E-state index in [-0.39, 0.29) is 16.8 Å². The largest absolute Gasteiger partial charge is 0.345 e. The molecule has 3 aromatic heterocycles. The number of fused-ring (bicyclic) bond motifs is 1. The first-order chi connectivity index (χ1) is 16.2. The van der Waals surface area contributed by atoms with Gasteiger partial charge in [0.2, 0.25) is 0 Å². The zero-order valence-corrected chi connectivity index (χ0v) is 20.0. The Balaban J connectivity index is 1.52. The van der Waals surface area contributed by atoms with Gasteiger partial charge >= 0.3 is 0 Å². The van der Waals surface area contributed by atoms with Crippen molar-refractivity contribution in [3.63, 3.8) is 0 Å². The minimum Gasteiger partial charge on any atom is -0.345 e. The summed E-state index contributed by atoms with van der Waals surface area (Å²) in [6.45, 7) is 3.74. The van der Waals surface area contributed by atoms with Crippen LogP contribution in [-0.4, -0.2) is 40.3 Å². The fourth-order valence-electron chi connectivity index (χ4n) is 4.08. The summed E-state index contributed by atoms with van der Waals surface area (Å²) >= 11 is 0. The molecule has 1 aliphatic carbocycles. The summed E-state index contributed by atoms with van der Waals surface area (Å²) in [5.41, 5.74) is 3.56. The van der Waals surface area contributed by atoms with Crippen molar-refractivity contribution < 1.29 is 13.2 Å². The fourth-order valence-corrected chi connectivity index (χ4v) is 4.71. The summed E-state index contributed by atoms with van der Waals surface area (Å²) in [7, 11) is -3.28. The van der Waals surface area contributed by atoms with Gasteiger partial charge in [-0.05, 0) is 62.6 Å². The average Bonchev–Trinajstić information content (AvgIpc) is 3.62. The molecule has 9 heteroatoms. The molecule has 1 fully saturated rings. The molecule has 1 aliphatic rings. The lowest BCUT2D eigenvalue weighted by molar-refractivity contribution is 0.0941. The van der Waals surface area contributed by atoms with E-state index in [0.717, 1.165) is 24.1 Å². The zero-order chi connectivity index (χ0) is 24.0. The third-order valence-electron chi connectivity index (χ3n) is 6.09. The van der Waals surface area contributed by atoms with Gasteiger partial charge in [0, 0.05) is 24.1 Å². The summed E-state index contributed by atoms with van der Waals surface area (Å²) in [4.78, 5) is 23.0. The van der Waals surface area contributed by atoms with E-state index >= 15 is 0 Å². The van der Waals surface area contributed by atoms with E-state index in [0.29, 0.717) is 34.0 Å². The monoisotopic (exact) mass is 475 g/mol. The van der Waals surface area contributed by atoms with E-state index in [1.165, 1.54) is 6.26 Å². The maximum atomic E-state index is 13.5. The molecule has 5 rings (SSSR count). The van der Waals surface area contributed by atoms with Crippen molar-refractivity contribution in [3.05, 3.63) is 77.2 Å². The molecule has 1 saturated carbocycles. The topological polar surface area (TPSA) is 107 Å². The van der Waals surface area contributed by atoms with Gasteiger partial charge in [-0.3, -0.25) is 4.79 Å². The van der Waals surface area contributed by atoms with E-state index in [2.05, 4.69) is 15.4 Å². The lowest BCUT2D eigenvalue weighted by Gasteiger charge is -2.16. The Hall–Kier alpha value is -3.59. The molecule has 3 heterocycles. The molecule has 1 aromatic carbocycles.